The Morgan fingerprint density at radius 3 is 2.84 bits per heavy atom. The third kappa shape index (κ3) is 2.57. The highest BCUT2D eigenvalue weighted by Crippen LogP contribution is 2.21. The maximum Gasteiger partial charge on any atom is 0.270 e. The van der Waals surface area contributed by atoms with Gasteiger partial charge < -0.3 is 9.84 Å². The number of anilines is 1. The SMILES string of the molecule is Cc1cc([N+](=O)[O-])cc(C(=O)Nc2ccon2)c1F. The molecule has 0 aliphatic heterocycles. The molecule has 0 bridgehead atoms. The Balaban J connectivity index is 2.38. The van der Waals surface area contributed by atoms with Gasteiger partial charge in [-0.05, 0) is 12.5 Å². The average Bonchev–Trinajstić information content (AvgIpc) is 2.84. The summed E-state index contributed by atoms with van der Waals surface area (Å²) in [6.45, 7) is 1.34. The molecular weight excluding hydrogens is 257 g/mol. The van der Waals surface area contributed by atoms with E-state index in [2.05, 4.69) is 15.0 Å². The standard InChI is InChI=1S/C11H8FN3O4/c1-6-4-7(15(17)18)5-8(10(6)12)11(16)13-9-2-3-19-14-9/h2-5H,1H3,(H,13,14,16). The van der Waals surface area contributed by atoms with Crippen molar-refractivity contribution < 1.29 is 18.6 Å². The molecule has 2 aromatic rings. The van der Waals surface area contributed by atoms with Crippen LogP contribution >= 0.6 is 0 Å². The lowest BCUT2D eigenvalue weighted by molar-refractivity contribution is -0.385. The predicted octanol–water partition coefficient (Wildman–Crippen LogP) is 2.28. The fourth-order valence-electron chi connectivity index (χ4n) is 1.48. The largest absolute Gasteiger partial charge is 0.363 e. The van der Waals surface area contributed by atoms with Crippen molar-refractivity contribution in [2.24, 2.45) is 0 Å². The molecule has 0 aliphatic carbocycles. The van der Waals surface area contributed by atoms with Gasteiger partial charge in [-0.15, -0.1) is 0 Å². The monoisotopic (exact) mass is 265 g/mol. The number of rotatable bonds is 3. The second-order valence-electron chi connectivity index (χ2n) is 3.72. The van der Waals surface area contributed by atoms with Gasteiger partial charge in [0.05, 0.1) is 10.5 Å². The van der Waals surface area contributed by atoms with Gasteiger partial charge in [-0.3, -0.25) is 14.9 Å². The number of nitrogens with one attached hydrogen (secondary N) is 1. The Kier molecular flexibility index (Phi) is 3.23. The molecule has 1 aromatic carbocycles. The number of aromatic nitrogens is 1. The predicted molar refractivity (Wildman–Crippen MR) is 62.2 cm³/mol. The summed E-state index contributed by atoms with van der Waals surface area (Å²) in [4.78, 5) is 21.8. The second kappa shape index (κ2) is 4.84. The molecule has 7 nitrogen and oxygen atoms in total. The summed E-state index contributed by atoms with van der Waals surface area (Å²) in [5, 5.41) is 16.4. The molecule has 1 amide bonds. The molecule has 0 saturated carbocycles. The van der Waals surface area contributed by atoms with Gasteiger partial charge in [-0.1, -0.05) is 5.16 Å². The number of nitro groups is 1. The molecule has 98 valence electrons. The first-order chi connectivity index (χ1) is 8.99. The van der Waals surface area contributed by atoms with Crippen LogP contribution < -0.4 is 5.32 Å². The van der Waals surface area contributed by atoms with Gasteiger partial charge >= 0.3 is 0 Å². The molecule has 19 heavy (non-hydrogen) atoms. The van der Waals surface area contributed by atoms with E-state index in [0.717, 1.165) is 12.1 Å². The first kappa shape index (κ1) is 12.7. The lowest BCUT2D eigenvalue weighted by Gasteiger charge is -2.05. The Hall–Kier alpha value is -2.77. The van der Waals surface area contributed by atoms with Gasteiger partial charge in [0.15, 0.2) is 5.82 Å². The van der Waals surface area contributed by atoms with Gasteiger partial charge in [0, 0.05) is 18.2 Å². The number of hydrogen-bond acceptors (Lipinski definition) is 5. The van der Waals surface area contributed by atoms with Crippen molar-refractivity contribution >= 4 is 17.4 Å². The molecule has 0 spiro atoms. The quantitative estimate of drug-likeness (QED) is 0.678. The number of carbonyl (C=O) groups excluding carboxylic acids is 1. The second-order valence-corrected chi connectivity index (χ2v) is 3.72. The van der Waals surface area contributed by atoms with Gasteiger partial charge in [0.1, 0.15) is 12.1 Å². The first-order valence-corrected chi connectivity index (χ1v) is 5.15. The molecule has 0 saturated heterocycles. The van der Waals surface area contributed by atoms with Crippen LogP contribution in [0.4, 0.5) is 15.9 Å². The van der Waals surface area contributed by atoms with Gasteiger partial charge in [0.25, 0.3) is 11.6 Å². The number of hydrogen-bond donors (Lipinski definition) is 1. The number of aryl methyl sites for hydroxylation is 1. The van der Waals surface area contributed by atoms with E-state index in [0.29, 0.717) is 0 Å². The minimum atomic E-state index is -0.835. The normalized spacial score (nSPS) is 10.2. The Bertz CT molecular complexity index is 640. The van der Waals surface area contributed by atoms with Crippen LogP contribution in [0.15, 0.2) is 29.0 Å². The smallest absolute Gasteiger partial charge is 0.270 e. The van der Waals surface area contributed by atoms with Crippen LogP contribution in [-0.2, 0) is 0 Å². The van der Waals surface area contributed by atoms with E-state index in [1.807, 2.05) is 0 Å². The van der Waals surface area contributed by atoms with E-state index in [-0.39, 0.29) is 17.1 Å². The summed E-state index contributed by atoms with van der Waals surface area (Å²) >= 11 is 0. The first-order valence-electron chi connectivity index (χ1n) is 5.15. The summed E-state index contributed by atoms with van der Waals surface area (Å²) in [6.07, 6.45) is 1.23. The molecule has 0 fully saturated rings. The molecule has 0 unspecified atom stereocenters. The molecule has 0 atom stereocenters. The minimum Gasteiger partial charge on any atom is -0.363 e. The zero-order chi connectivity index (χ0) is 14.0. The summed E-state index contributed by atoms with van der Waals surface area (Å²) in [5.74, 6) is -1.56. The van der Waals surface area contributed by atoms with Crippen molar-refractivity contribution in [1.29, 1.82) is 0 Å². The van der Waals surface area contributed by atoms with E-state index < -0.39 is 22.2 Å². The van der Waals surface area contributed by atoms with Gasteiger partial charge in [0.2, 0.25) is 0 Å². The van der Waals surface area contributed by atoms with Crippen molar-refractivity contribution in [2.75, 3.05) is 5.32 Å². The zero-order valence-electron chi connectivity index (χ0n) is 9.71. The van der Waals surface area contributed by atoms with Crippen molar-refractivity contribution in [1.82, 2.24) is 5.16 Å². The highest BCUT2D eigenvalue weighted by molar-refractivity contribution is 6.04. The highest BCUT2D eigenvalue weighted by Gasteiger charge is 2.20. The third-order valence-electron chi connectivity index (χ3n) is 2.37. The Morgan fingerprint density at radius 2 is 2.26 bits per heavy atom. The van der Waals surface area contributed by atoms with Crippen LogP contribution in [0, 0.1) is 22.9 Å². The van der Waals surface area contributed by atoms with Crippen molar-refractivity contribution in [3.63, 3.8) is 0 Å². The maximum absolute atomic E-state index is 13.8. The molecule has 1 aromatic heterocycles. The number of benzene rings is 1. The summed E-state index contributed by atoms with van der Waals surface area (Å²) in [6, 6.07) is 3.29. The van der Waals surface area contributed by atoms with Gasteiger partial charge in [-0.25, -0.2) is 4.39 Å². The molecule has 1 heterocycles. The van der Waals surface area contributed by atoms with Crippen LogP contribution in [0.3, 0.4) is 0 Å². The molecule has 0 radical (unpaired) electrons. The van der Waals surface area contributed by atoms with Crippen LogP contribution in [-0.4, -0.2) is 16.0 Å². The van der Waals surface area contributed by atoms with Crippen molar-refractivity contribution in [3.8, 4) is 0 Å². The van der Waals surface area contributed by atoms with Crippen molar-refractivity contribution in [2.45, 2.75) is 6.92 Å². The number of halogens is 1. The zero-order valence-corrected chi connectivity index (χ0v) is 9.71. The molecule has 8 heteroatoms. The van der Waals surface area contributed by atoms with Crippen LogP contribution in [0.2, 0.25) is 0 Å². The van der Waals surface area contributed by atoms with E-state index >= 15 is 0 Å². The van der Waals surface area contributed by atoms with Crippen LogP contribution in [0.25, 0.3) is 0 Å². The van der Waals surface area contributed by atoms with Gasteiger partial charge in [-0.2, -0.15) is 0 Å². The topological polar surface area (TPSA) is 98.3 Å². The lowest BCUT2D eigenvalue weighted by atomic mass is 10.1. The average molecular weight is 265 g/mol. The van der Waals surface area contributed by atoms with E-state index in [9.17, 15) is 19.3 Å². The summed E-state index contributed by atoms with van der Waals surface area (Å²) in [7, 11) is 0. The third-order valence-corrected chi connectivity index (χ3v) is 2.37. The van der Waals surface area contributed by atoms with E-state index in [4.69, 9.17) is 0 Å². The minimum absolute atomic E-state index is 0.0134. The number of nitrogens with zero attached hydrogens (tertiary/aromatic N) is 2. The molecule has 2 rings (SSSR count). The van der Waals surface area contributed by atoms with E-state index in [1.54, 1.807) is 0 Å². The fourth-order valence-corrected chi connectivity index (χ4v) is 1.48. The summed E-state index contributed by atoms with van der Waals surface area (Å²) < 4.78 is 18.3. The number of non-ortho nitro benzene ring substituents is 1. The molecule has 0 aliphatic rings. The van der Waals surface area contributed by atoms with Crippen LogP contribution in [0.1, 0.15) is 15.9 Å². The number of carbonyl (C=O) groups is 1. The Morgan fingerprint density at radius 1 is 1.53 bits per heavy atom. The summed E-state index contributed by atoms with van der Waals surface area (Å²) in [5.41, 5.74) is -0.765. The number of amides is 1. The number of nitro benzene ring substituents is 1. The van der Waals surface area contributed by atoms with Crippen LogP contribution in [0.5, 0.6) is 0 Å². The maximum atomic E-state index is 13.8. The highest BCUT2D eigenvalue weighted by atomic mass is 19.1. The van der Waals surface area contributed by atoms with Crippen molar-refractivity contribution in [3.05, 3.63) is 51.5 Å². The lowest BCUT2D eigenvalue weighted by Crippen LogP contribution is -2.15. The molecular formula is C11H8FN3O4. The molecule has 1 N–H and O–H groups in total. The van der Waals surface area contributed by atoms with E-state index in [1.165, 1.54) is 19.3 Å². The fraction of sp³-hybridized carbons (Fsp3) is 0.0909. The Labute approximate surface area is 106 Å².